The Hall–Kier alpha value is -1.09. The summed E-state index contributed by atoms with van der Waals surface area (Å²) >= 11 is 0. The molecule has 0 bridgehead atoms. The van der Waals surface area contributed by atoms with E-state index in [4.69, 9.17) is 0 Å². The maximum Gasteiger partial charge on any atom is 0.245 e. The summed E-state index contributed by atoms with van der Waals surface area (Å²) in [6.45, 7) is 5.06. The van der Waals surface area contributed by atoms with Crippen LogP contribution in [0.3, 0.4) is 0 Å². The summed E-state index contributed by atoms with van der Waals surface area (Å²) in [5, 5.41) is 0. The van der Waals surface area contributed by atoms with Gasteiger partial charge in [0, 0.05) is 45.8 Å². The summed E-state index contributed by atoms with van der Waals surface area (Å²) in [6, 6.07) is 2.51. The lowest BCUT2D eigenvalue weighted by Crippen LogP contribution is -2.45. The van der Waals surface area contributed by atoms with Crippen molar-refractivity contribution in [2.75, 3.05) is 53.4 Å². The third-order valence-corrected chi connectivity index (χ3v) is 6.02. The van der Waals surface area contributed by atoms with Gasteiger partial charge in [-0.3, -0.25) is 0 Å². The number of benzene rings is 1. The van der Waals surface area contributed by atoms with E-state index < -0.39 is 26.6 Å². The minimum absolute atomic E-state index is 0.297. The van der Waals surface area contributed by atoms with Crippen molar-refractivity contribution in [2.24, 2.45) is 0 Å². The van der Waals surface area contributed by atoms with Crippen molar-refractivity contribution in [3.63, 3.8) is 0 Å². The second-order valence-corrected chi connectivity index (χ2v) is 7.91. The quantitative estimate of drug-likeness (QED) is 0.776. The van der Waals surface area contributed by atoms with Gasteiger partial charge in [-0.05, 0) is 32.1 Å². The van der Waals surface area contributed by atoms with Crippen LogP contribution >= 0.6 is 0 Å². The summed E-state index contributed by atoms with van der Waals surface area (Å²) in [5.41, 5.74) is 0. The Balaban J connectivity index is 1.90. The van der Waals surface area contributed by atoms with Crippen molar-refractivity contribution in [3.05, 3.63) is 29.8 Å². The Bertz CT molecular complexity index is 632. The molecule has 1 saturated heterocycles. The minimum Gasteiger partial charge on any atom is -0.304 e. The van der Waals surface area contributed by atoms with Gasteiger partial charge in [-0.2, -0.15) is 0 Å². The average Bonchev–Trinajstić information content (AvgIpc) is 2.48. The molecule has 1 aliphatic heterocycles. The zero-order valence-corrected chi connectivity index (χ0v) is 14.3. The Morgan fingerprint density at radius 1 is 1.17 bits per heavy atom. The molecule has 0 atom stereocenters. The number of rotatable bonds is 6. The highest BCUT2D eigenvalue weighted by Crippen LogP contribution is 2.19. The van der Waals surface area contributed by atoms with E-state index in [1.54, 1.807) is 0 Å². The number of hydrogen-bond donors (Lipinski definition) is 0. The van der Waals surface area contributed by atoms with Crippen LogP contribution in [0.25, 0.3) is 0 Å². The lowest BCUT2D eigenvalue weighted by molar-refractivity contribution is 0.151. The van der Waals surface area contributed by atoms with E-state index in [2.05, 4.69) is 16.8 Å². The monoisotopic (exact) mass is 347 g/mol. The molecule has 23 heavy (non-hydrogen) atoms. The molecule has 1 aromatic carbocycles. The number of sulfonamides is 1. The summed E-state index contributed by atoms with van der Waals surface area (Å²) in [5.74, 6) is -1.85. The molecule has 130 valence electrons. The van der Waals surface area contributed by atoms with E-state index in [0.29, 0.717) is 19.0 Å². The van der Waals surface area contributed by atoms with Gasteiger partial charge in [0.15, 0.2) is 0 Å². The molecule has 0 aliphatic carbocycles. The van der Waals surface area contributed by atoms with Crippen LogP contribution < -0.4 is 0 Å². The first-order valence-electron chi connectivity index (χ1n) is 7.63. The highest BCUT2D eigenvalue weighted by atomic mass is 32.2. The smallest absolute Gasteiger partial charge is 0.245 e. The van der Waals surface area contributed by atoms with Gasteiger partial charge in [-0.15, -0.1) is 0 Å². The van der Waals surface area contributed by atoms with Crippen molar-refractivity contribution in [1.82, 2.24) is 14.1 Å². The van der Waals surface area contributed by atoms with Crippen LogP contribution in [0.15, 0.2) is 23.1 Å². The van der Waals surface area contributed by atoms with Gasteiger partial charge in [0.25, 0.3) is 0 Å². The van der Waals surface area contributed by atoms with Gasteiger partial charge in [-0.25, -0.2) is 21.5 Å². The van der Waals surface area contributed by atoms with Gasteiger partial charge in [0.05, 0.1) is 0 Å². The molecule has 0 N–H and O–H groups in total. The second kappa shape index (κ2) is 7.65. The molecule has 1 fully saturated rings. The maximum atomic E-state index is 13.7. The van der Waals surface area contributed by atoms with Crippen LogP contribution in [0.5, 0.6) is 0 Å². The predicted octanol–water partition coefficient (Wildman–Crippen LogP) is 1.22. The number of hydrogen-bond acceptors (Lipinski definition) is 4. The molecular formula is C15H23F2N3O2S. The van der Waals surface area contributed by atoms with Crippen LogP contribution in [0, 0.1) is 11.6 Å². The largest absolute Gasteiger partial charge is 0.304 e. The third kappa shape index (κ3) is 4.69. The first-order valence-corrected chi connectivity index (χ1v) is 9.07. The van der Waals surface area contributed by atoms with Crippen molar-refractivity contribution in [3.8, 4) is 0 Å². The molecule has 5 nitrogen and oxygen atoms in total. The summed E-state index contributed by atoms with van der Waals surface area (Å²) in [7, 11) is -0.436. The van der Waals surface area contributed by atoms with E-state index in [1.807, 2.05) is 0 Å². The molecule has 2 rings (SSSR count). The van der Waals surface area contributed by atoms with E-state index in [1.165, 1.54) is 7.05 Å². The zero-order valence-electron chi connectivity index (χ0n) is 13.5. The molecule has 8 heteroatoms. The highest BCUT2D eigenvalue weighted by Gasteiger charge is 2.24. The molecule has 1 aliphatic rings. The normalized spacial score (nSPS) is 17.8. The van der Waals surface area contributed by atoms with Gasteiger partial charge in [0.2, 0.25) is 10.0 Å². The van der Waals surface area contributed by atoms with Crippen LogP contribution in [0.4, 0.5) is 8.78 Å². The second-order valence-electron chi connectivity index (χ2n) is 5.90. The molecule has 1 heterocycles. The number of nitrogens with zero attached hydrogens (tertiary/aromatic N) is 3. The van der Waals surface area contributed by atoms with Gasteiger partial charge >= 0.3 is 0 Å². The van der Waals surface area contributed by atoms with E-state index in [0.717, 1.165) is 49.2 Å². The summed E-state index contributed by atoms with van der Waals surface area (Å²) in [4.78, 5) is 4.06. The van der Waals surface area contributed by atoms with Crippen molar-refractivity contribution in [2.45, 2.75) is 11.3 Å². The summed E-state index contributed by atoms with van der Waals surface area (Å²) < 4.78 is 52.4. The standard InChI is InChI=1S/C15H23F2N3O2S/c1-18-8-10-20(11-9-18)7-3-6-19(2)23(21,22)15-5-4-13(16)12-14(15)17/h4-5,12H,3,6-11H2,1-2H3. The third-order valence-electron chi connectivity index (χ3n) is 4.13. The molecular weight excluding hydrogens is 324 g/mol. The Kier molecular flexibility index (Phi) is 6.07. The number of piperazine rings is 1. The van der Waals surface area contributed by atoms with Crippen LogP contribution in [0.2, 0.25) is 0 Å². The fourth-order valence-corrected chi connectivity index (χ4v) is 3.81. The maximum absolute atomic E-state index is 13.7. The molecule has 0 saturated carbocycles. The van der Waals surface area contributed by atoms with Gasteiger partial charge < -0.3 is 9.80 Å². The molecule has 0 spiro atoms. The molecule has 0 aromatic heterocycles. The first-order chi connectivity index (χ1) is 10.8. The van der Waals surface area contributed by atoms with E-state index in [-0.39, 0.29) is 0 Å². The topological polar surface area (TPSA) is 43.9 Å². The molecule has 0 unspecified atom stereocenters. The Labute approximate surface area is 136 Å². The Morgan fingerprint density at radius 2 is 1.83 bits per heavy atom. The lowest BCUT2D eigenvalue weighted by atomic mass is 10.3. The fourth-order valence-electron chi connectivity index (χ4n) is 2.56. The molecule has 0 amide bonds. The minimum atomic E-state index is -3.93. The first kappa shape index (κ1) is 18.3. The number of likely N-dealkylation sites (N-methyl/N-ethyl adjacent to an activating group) is 1. The fraction of sp³-hybridized carbons (Fsp3) is 0.600. The summed E-state index contributed by atoms with van der Waals surface area (Å²) in [6.07, 6.45) is 0.669. The SMILES string of the molecule is CN1CCN(CCCN(C)S(=O)(=O)c2ccc(F)cc2F)CC1. The number of halogens is 2. The van der Waals surface area contributed by atoms with Crippen molar-refractivity contribution < 1.29 is 17.2 Å². The predicted molar refractivity (Wildman–Crippen MR) is 84.7 cm³/mol. The molecule has 1 aromatic rings. The lowest BCUT2D eigenvalue weighted by Gasteiger charge is -2.32. The van der Waals surface area contributed by atoms with Crippen LogP contribution in [-0.2, 0) is 10.0 Å². The van der Waals surface area contributed by atoms with Gasteiger partial charge in [0.1, 0.15) is 16.5 Å². The highest BCUT2D eigenvalue weighted by molar-refractivity contribution is 7.89. The van der Waals surface area contributed by atoms with Crippen LogP contribution in [0.1, 0.15) is 6.42 Å². The zero-order chi connectivity index (χ0) is 17.0. The van der Waals surface area contributed by atoms with Gasteiger partial charge in [-0.1, -0.05) is 0 Å². The van der Waals surface area contributed by atoms with Crippen LogP contribution in [-0.4, -0.2) is 75.9 Å². The van der Waals surface area contributed by atoms with E-state index >= 15 is 0 Å². The molecule has 0 radical (unpaired) electrons. The Morgan fingerprint density at radius 3 is 2.43 bits per heavy atom. The van der Waals surface area contributed by atoms with Crippen molar-refractivity contribution >= 4 is 10.0 Å². The average molecular weight is 347 g/mol. The van der Waals surface area contributed by atoms with Crippen molar-refractivity contribution in [1.29, 1.82) is 0 Å². The van der Waals surface area contributed by atoms with E-state index in [9.17, 15) is 17.2 Å².